The second kappa shape index (κ2) is 7.40. The van der Waals surface area contributed by atoms with E-state index in [-0.39, 0.29) is 12.1 Å². The van der Waals surface area contributed by atoms with Crippen LogP contribution < -0.4 is 4.74 Å². The van der Waals surface area contributed by atoms with Crippen molar-refractivity contribution in [2.45, 2.75) is 71.9 Å². The molecule has 1 saturated carbocycles. The molecule has 1 aromatic rings. The number of carbonyl (C=O) groups is 1. The topological polar surface area (TPSA) is 44.8 Å². The Kier molecular flexibility index (Phi) is 5.55. The maximum atomic E-state index is 13.1. The van der Waals surface area contributed by atoms with E-state index in [0.717, 1.165) is 12.8 Å². The largest absolute Gasteiger partial charge is 0.461 e. The van der Waals surface area contributed by atoms with Crippen molar-refractivity contribution in [1.82, 2.24) is 0 Å². The van der Waals surface area contributed by atoms with Crippen molar-refractivity contribution >= 4 is 17.6 Å². The number of rotatable bonds is 3. The molecule has 1 heterocycles. The minimum atomic E-state index is -0.945. The van der Waals surface area contributed by atoms with E-state index in [1.54, 1.807) is 26.0 Å². The highest BCUT2D eigenvalue weighted by Gasteiger charge is 2.42. The van der Waals surface area contributed by atoms with Gasteiger partial charge in [0.25, 0.3) is 0 Å². The maximum Gasteiger partial charge on any atom is 0.340 e. The average Bonchev–Trinajstić information content (AvgIpc) is 2.54. The first kappa shape index (κ1) is 19.5. The molecule has 26 heavy (non-hydrogen) atoms. The molecule has 0 amide bonds. The molecule has 2 aliphatic rings. The van der Waals surface area contributed by atoms with Gasteiger partial charge in [0.1, 0.15) is 11.9 Å². The van der Waals surface area contributed by atoms with Crippen molar-refractivity contribution in [3.05, 3.63) is 28.8 Å². The van der Waals surface area contributed by atoms with Gasteiger partial charge in [0.2, 0.25) is 5.79 Å². The van der Waals surface area contributed by atoms with Gasteiger partial charge in [-0.25, -0.2) is 4.79 Å². The monoisotopic (exact) mass is 380 g/mol. The summed E-state index contributed by atoms with van der Waals surface area (Å²) in [6, 6.07) is 5.36. The van der Waals surface area contributed by atoms with Crippen molar-refractivity contribution in [2.24, 2.45) is 17.8 Å². The number of hydrogen-bond acceptors (Lipinski definition) is 4. The van der Waals surface area contributed by atoms with Crippen LogP contribution >= 0.6 is 11.6 Å². The summed E-state index contributed by atoms with van der Waals surface area (Å²) >= 11 is 6.28. The smallest absolute Gasteiger partial charge is 0.340 e. The third kappa shape index (κ3) is 4.01. The fraction of sp³-hybridized carbons (Fsp3) is 0.667. The highest BCUT2D eigenvalue weighted by atomic mass is 35.5. The van der Waals surface area contributed by atoms with E-state index in [4.69, 9.17) is 25.8 Å². The fourth-order valence-corrected chi connectivity index (χ4v) is 4.31. The predicted octanol–water partition coefficient (Wildman–Crippen LogP) is 5.53. The number of para-hydroxylation sites is 1. The SMILES string of the molecule is CC(C)[C@H]1CC[C@H](C)C[C@@H]1OC(=O)[C@@H]1OC(C)(C)Oc2c(Cl)cccc21. The molecule has 5 heteroatoms. The molecular formula is C21H29ClO4. The third-order valence-electron chi connectivity index (χ3n) is 5.47. The summed E-state index contributed by atoms with van der Waals surface area (Å²) < 4.78 is 17.8. The first-order chi connectivity index (χ1) is 12.2. The summed E-state index contributed by atoms with van der Waals surface area (Å²) in [6.07, 6.45) is 2.31. The van der Waals surface area contributed by atoms with Crippen molar-refractivity contribution in [3.8, 4) is 5.75 Å². The van der Waals surface area contributed by atoms with Crippen LogP contribution in [-0.2, 0) is 14.3 Å². The number of fused-ring (bicyclic) bond motifs is 1. The second-order valence-electron chi connectivity index (χ2n) is 8.46. The van der Waals surface area contributed by atoms with E-state index >= 15 is 0 Å². The van der Waals surface area contributed by atoms with Crippen LogP contribution in [0.25, 0.3) is 0 Å². The van der Waals surface area contributed by atoms with Crippen molar-refractivity contribution in [1.29, 1.82) is 0 Å². The van der Waals surface area contributed by atoms with Gasteiger partial charge in [-0.1, -0.05) is 50.9 Å². The number of benzene rings is 1. The molecular weight excluding hydrogens is 352 g/mol. The number of esters is 1. The Morgan fingerprint density at radius 3 is 2.73 bits per heavy atom. The van der Waals surface area contributed by atoms with E-state index in [1.807, 2.05) is 6.07 Å². The van der Waals surface area contributed by atoms with Crippen LogP contribution in [0.3, 0.4) is 0 Å². The van der Waals surface area contributed by atoms with Crippen LogP contribution in [0.2, 0.25) is 5.02 Å². The normalized spacial score (nSPS) is 30.4. The molecule has 0 unspecified atom stereocenters. The summed E-state index contributed by atoms with van der Waals surface area (Å²) in [5.41, 5.74) is 0.631. The van der Waals surface area contributed by atoms with Gasteiger partial charge < -0.3 is 14.2 Å². The van der Waals surface area contributed by atoms with E-state index in [9.17, 15) is 4.79 Å². The van der Waals surface area contributed by atoms with Gasteiger partial charge in [0, 0.05) is 19.4 Å². The Labute approximate surface area is 161 Å². The molecule has 4 nitrogen and oxygen atoms in total. The fourth-order valence-electron chi connectivity index (χ4n) is 4.09. The first-order valence-electron chi connectivity index (χ1n) is 9.53. The number of carbonyl (C=O) groups excluding carboxylic acids is 1. The molecule has 0 bridgehead atoms. The van der Waals surface area contributed by atoms with Gasteiger partial charge in [-0.3, -0.25) is 0 Å². The van der Waals surface area contributed by atoms with E-state index in [1.165, 1.54) is 6.42 Å². The van der Waals surface area contributed by atoms with Gasteiger partial charge in [-0.15, -0.1) is 0 Å². The number of halogens is 1. The molecule has 144 valence electrons. The first-order valence-corrected chi connectivity index (χ1v) is 9.91. The minimum absolute atomic E-state index is 0.0663. The average molecular weight is 381 g/mol. The summed E-state index contributed by atoms with van der Waals surface area (Å²) in [4.78, 5) is 13.1. The zero-order valence-electron chi connectivity index (χ0n) is 16.3. The zero-order chi connectivity index (χ0) is 19.1. The van der Waals surface area contributed by atoms with Gasteiger partial charge in [0.15, 0.2) is 6.10 Å². The zero-order valence-corrected chi connectivity index (χ0v) is 17.0. The van der Waals surface area contributed by atoms with Gasteiger partial charge in [-0.05, 0) is 36.7 Å². The number of hydrogen-bond donors (Lipinski definition) is 0. The molecule has 1 aliphatic carbocycles. The molecule has 4 atom stereocenters. The van der Waals surface area contributed by atoms with Crippen LogP contribution in [0.15, 0.2) is 18.2 Å². The van der Waals surface area contributed by atoms with Crippen LogP contribution in [0, 0.1) is 17.8 Å². The van der Waals surface area contributed by atoms with Gasteiger partial charge in [-0.2, -0.15) is 0 Å². The lowest BCUT2D eigenvalue weighted by molar-refractivity contribution is -0.224. The van der Waals surface area contributed by atoms with E-state index in [0.29, 0.717) is 34.1 Å². The highest BCUT2D eigenvalue weighted by Crippen LogP contribution is 2.44. The Bertz CT molecular complexity index is 670. The van der Waals surface area contributed by atoms with Crippen molar-refractivity contribution < 1.29 is 19.0 Å². The van der Waals surface area contributed by atoms with Gasteiger partial charge >= 0.3 is 5.97 Å². The molecule has 1 fully saturated rings. The Balaban J connectivity index is 1.84. The number of ether oxygens (including phenoxy) is 3. The summed E-state index contributed by atoms with van der Waals surface area (Å²) in [5, 5.41) is 0.475. The molecule has 1 aromatic carbocycles. The standard InChI is InChI=1S/C21H29ClO4/c1-12(2)14-10-9-13(3)11-17(14)24-20(23)19-15-7-6-8-16(22)18(15)25-21(4,5)26-19/h6-8,12-14,17,19H,9-11H2,1-5H3/t13-,14+,17-,19+/m0/s1. The Morgan fingerprint density at radius 1 is 1.31 bits per heavy atom. The second-order valence-corrected chi connectivity index (χ2v) is 8.87. The highest BCUT2D eigenvalue weighted by molar-refractivity contribution is 6.32. The lowest BCUT2D eigenvalue weighted by atomic mass is 9.75. The van der Waals surface area contributed by atoms with Crippen molar-refractivity contribution in [3.63, 3.8) is 0 Å². The maximum absolute atomic E-state index is 13.1. The summed E-state index contributed by atoms with van der Waals surface area (Å²) in [6.45, 7) is 10.2. The molecule has 1 aliphatic heterocycles. The van der Waals surface area contributed by atoms with Crippen LogP contribution in [0.5, 0.6) is 5.75 Å². The lowest BCUT2D eigenvalue weighted by Gasteiger charge is -2.40. The Morgan fingerprint density at radius 2 is 2.04 bits per heavy atom. The van der Waals surface area contributed by atoms with Crippen LogP contribution in [-0.4, -0.2) is 17.9 Å². The Hall–Kier alpha value is -1.26. The summed E-state index contributed by atoms with van der Waals surface area (Å²) in [5.74, 6) is 0.644. The van der Waals surface area contributed by atoms with E-state index < -0.39 is 11.9 Å². The summed E-state index contributed by atoms with van der Waals surface area (Å²) in [7, 11) is 0. The van der Waals surface area contributed by atoms with Gasteiger partial charge in [0.05, 0.1) is 5.02 Å². The molecule has 0 saturated heterocycles. The van der Waals surface area contributed by atoms with E-state index in [2.05, 4.69) is 20.8 Å². The minimum Gasteiger partial charge on any atom is -0.461 e. The van der Waals surface area contributed by atoms with Crippen LogP contribution in [0.4, 0.5) is 0 Å². The lowest BCUT2D eigenvalue weighted by Crippen LogP contribution is -2.43. The van der Waals surface area contributed by atoms with Crippen LogP contribution in [0.1, 0.15) is 65.5 Å². The third-order valence-corrected chi connectivity index (χ3v) is 5.77. The molecule has 0 N–H and O–H groups in total. The van der Waals surface area contributed by atoms with Crippen molar-refractivity contribution in [2.75, 3.05) is 0 Å². The quantitative estimate of drug-likeness (QED) is 0.646. The molecule has 0 radical (unpaired) electrons. The molecule has 0 spiro atoms. The predicted molar refractivity (Wildman–Crippen MR) is 101 cm³/mol. The molecule has 3 rings (SSSR count). The molecule has 0 aromatic heterocycles.